The first-order valence-corrected chi connectivity index (χ1v) is 6.63. The van der Waals surface area contributed by atoms with Gasteiger partial charge < -0.3 is 30.5 Å². The fraction of sp³-hybridized carbons (Fsp3) is 1.00. The first kappa shape index (κ1) is 15.8. The summed E-state index contributed by atoms with van der Waals surface area (Å²) in [6.07, 6.45) is 1.21. The van der Waals surface area contributed by atoms with Crippen molar-refractivity contribution in [2.24, 2.45) is 0 Å². The minimum atomic E-state index is -2.05. The fourth-order valence-electron chi connectivity index (χ4n) is 2.09. The summed E-state index contributed by atoms with van der Waals surface area (Å²) in [6.45, 7) is 2.55. The normalized spacial score (nSPS) is 36.2. The second kappa shape index (κ2) is 7.37. The van der Waals surface area contributed by atoms with E-state index in [1.807, 2.05) is 0 Å². The molecule has 5 N–H and O–H groups in total. The van der Waals surface area contributed by atoms with Crippen LogP contribution in [0.4, 0.5) is 0 Å². The molecule has 1 aliphatic rings. The maximum absolute atomic E-state index is 9.68. The summed E-state index contributed by atoms with van der Waals surface area (Å²) in [5, 5.41) is 40.9. The first-order valence-electron chi connectivity index (χ1n) is 6.63. The van der Waals surface area contributed by atoms with Crippen LogP contribution in [0.2, 0.25) is 0 Å². The van der Waals surface area contributed by atoms with E-state index in [9.17, 15) is 15.3 Å². The van der Waals surface area contributed by atoms with Gasteiger partial charge in [0.25, 0.3) is 0 Å². The van der Waals surface area contributed by atoms with Crippen LogP contribution in [0.25, 0.3) is 0 Å². The van der Waals surface area contributed by atoms with E-state index >= 15 is 0 Å². The van der Waals surface area contributed by atoms with E-state index in [1.54, 1.807) is 0 Å². The zero-order valence-corrected chi connectivity index (χ0v) is 10.9. The molecule has 1 rings (SSSR count). The molecule has 6 nitrogen and oxygen atoms in total. The van der Waals surface area contributed by atoms with Gasteiger partial charge in [0.1, 0.15) is 18.3 Å². The Labute approximate surface area is 108 Å². The van der Waals surface area contributed by atoms with Gasteiger partial charge in [0.05, 0.1) is 6.61 Å². The van der Waals surface area contributed by atoms with Gasteiger partial charge >= 0.3 is 0 Å². The number of ether oxygens (including phenoxy) is 1. The summed E-state index contributed by atoms with van der Waals surface area (Å²) in [4.78, 5) is 0. The van der Waals surface area contributed by atoms with Gasteiger partial charge in [-0.3, -0.25) is 0 Å². The number of rotatable bonds is 8. The van der Waals surface area contributed by atoms with Crippen molar-refractivity contribution in [2.75, 3.05) is 19.7 Å². The van der Waals surface area contributed by atoms with Crippen molar-refractivity contribution in [2.45, 2.75) is 56.7 Å². The summed E-state index contributed by atoms with van der Waals surface area (Å²) in [5.74, 6) is -2.05. The molecule has 1 saturated heterocycles. The molecule has 1 aliphatic heterocycles. The highest BCUT2D eigenvalue weighted by Gasteiger charge is 2.52. The molecule has 0 bridgehead atoms. The molecule has 108 valence electrons. The Morgan fingerprint density at radius 3 is 2.50 bits per heavy atom. The largest absolute Gasteiger partial charge is 0.391 e. The van der Waals surface area contributed by atoms with Crippen molar-refractivity contribution >= 4 is 0 Å². The van der Waals surface area contributed by atoms with Crippen molar-refractivity contribution in [3.8, 4) is 0 Å². The number of aliphatic hydroxyl groups is 4. The van der Waals surface area contributed by atoms with Crippen LogP contribution in [0.5, 0.6) is 0 Å². The molecule has 0 aliphatic carbocycles. The number of unbranched alkanes of at least 4 members (excludes halogenated alkanes) is 3. The topological polar surface area (TPSA) is 102 Å². The third kappa shape index (κ3) is 3.88. The molecule has 1 fully saturated rings. The van der Waals surface area contributed by atoms with Gasteiger partial charge in [-0.15, -0.1) is 0 Å². The predicted molar refractivity (Wildman–Crippen MR) is 65.9 cm³/mol. The molecule has 0 unspecified atom stereocenters. The van der Waals surface area contributed by atoms with Crippen LogP contribution in [-0.4, -0.2) is 64.2 Å². The summed E-state index contributed by atoms with van der Waals surface area (Å²) in [7, 11) is 0. The SMILES string of the molecule is CCCCCCNC[C@H]1O[C@@](O)(CO)[C@H](O)[C@H]1O. The quantitative estimate of drug-likeness (QED) is 0.358. The van der Waals surface area contributed by atoms with Crippen molar-refractivity contribution < 1.29 is 25.2 Å². The third-order valence-electron chi connectivity index (χ3n) is 3.30. The maximum atomic E-state index is 9.68. The second-order valence-electron chi connectivity index (χ2n) is 4.86. The molecule has 0 radical (unpaired) electrons. The smallest absolute Gasteiger partial charge is 0.219 e. The molecule has 1 heterocycles. The number of aliphatic hydroxyl groups excluding tert-OH is 3. The highest BCUT2D eigenvalue weighted by atomic mass is 16.7. The van der Waals surface area contributed by atoms with Gasteiger partial charge in [-0.25, -0.2) is 0 Å². The molecular formula is C12H25NO5. The van der Waals surface area contributed by atoms with Crippen molar-refractivity contribution in [3.05, 3.63) is 0 Å². The molecule has 0 aromatic heterocycles. The molecule has 0 spiro atoms. The van der Waals surface area contributed by atoms with E-state index in [0.717, 1.165) is 19.4 Å². The lowest BCUT2D eigenvalue weighted by molar-refractivity contribution is -0.245. The summed E-state index contributed by atoms with van der Waals surface area (Å²) >= 11 is 0. The highest BCUT2D eigenvalue weighted by Crippen LogP contribution is 2.28. The highest BCUT2D eigenvalue weighted by molar-refractivity contribution is 4.95. The van der Waals surface area contributed by atoms with Crippen LogP contribution in [0.15, 0.2) is 0 Å². The van der Waals surface area contributed by atoms with Gasteiger partial charge in [0.2, 0.25) is 5.79 Å². The average Bonchev–Trinajstić information content (AvgIpc) is 2.59. The minimum Gasteiger partial charge on any atom is -0.391 e. The Kier molecular flexibility index (Phi) is 6.48. The summed E-state index contributed by atoms with van der Waals surface area (Å²) < 4.78 is 5.09. The summed E-state index contributed by atoms with van der Waals surface area (Å²) in [5.41, 5.74) is 0. The van der Waals surface area contributed by atoms with E-state index < -0.39 is 30.7 Å². The van der Waals surface area contributed by atoms with Crippen LogP contribution < -0.4 is 5.32 Å². The lowest BCUT2D eigenvalue weighted by atomic mass is 10.1. The zero-order valence-electron chi connectivity index (χ0n) is 10.9. The van der Waals surface area contributed by atoms with Crippen LogP contribution in [0.1, 0.15) is 32.6 Å². The van der Waals surface area contributed by atoms with Crippen molar-refractivity contribution in [3.63, 3.8) is 0 Å². The number of nitrogens with one attached hydrogen (secondary N) is 1. The van der Waals surface area contributed by atoms with Crippen molar-refractivity contribution in [1.29, 1.82) is 0 Å². The lowest BCUT2D eigenvalue weighted by Crippen LogP contribution is -2.46. The van der Waals surface area contributed by atoms with Gasteiger partial charge in [0, 0.05) is 6.54 Å². The standard InChI is InChI=1S/C12H25NO5/c1-2-3-4-5-6-13-7-9-10(15)11(16)12(17,8-14)18-9/h9-11,13-17H,2-8H2,1H3/t9-,10+,11-,12+/m1/s1. The van der Waals surface area contributed by atoms with Gasteiger partial charge in [-0.05, 0) is 13.0 Å². The van der Waals surface area contributed by atoms with E-state index in [4.69, 9.17) is 9.84 Å². The van der Waals surface area contributed by atoms with Crippen molar-refractivity contribution in [1.82, 2.24) is 5.32 Å². The second-order valence-corrected chi connectivity index (χ2v) is 4.86. The Morgan fingerprint density at radius 2 is 1.94 bits per heavy atom. The van der Waals surface area contributed by atoms with E-state index in [-0.39, 0.29) is 0 Å². The monoisotopic (exact) mass is 263 g/mol. The molecule has 6 heteroatoms. The van der Waals surface area contributed by atoms with Crippen LogP contribution >= 0.6 is 0 Å². The molecule has 0 aromatic rings. The van der Waals surface area contributed by atoms with Crippen LogP contribution in [0.3, 0.4) is 0 Å². The maximum Gasteiger partial charge on any atom is 0.219 e. The van der Waals surface area contributed by atoms with Gasteiger partial charge in [-0.2, -0.15) is 0 Å². The van der Waals surface area contributed by atoms with E-state index in [2.05, 4.69) is 12.2 Å². The predicted octanol–water partition coefficient (Wildman–Crippen LogP) is -1.04. The Morgan fingerprint density at radius 1 is 1.22 bits per heavy atom. The van der Waals surface area contributed by atoms with Gasteiger partial charge in [0.15, 0.2) is 0 Å². The third-order valence-corrected chi connectivity index (χ3v) is 3.30. The van der Waals surface area contributed by atoms with E-state index in [1.165, 1.54) is 12.8 Å². The Hall–Kier alpha value is -0.240. The molecule has 0 aromatic carbocycles. The van der Waals surface area contributed by atoms with Gasteiger partial charge in [-0.1, -0.05) is 26.2 Å². The zero-order chi connectivity index (χ0) is 13.6. The molecule has 0 amide bonds. The molecule has 18 heavy (non-hydrogen) atoms. The first-order chi connectivity index (χ1) is 8.55. The average molecular weight is 263 g/mol. The van der Waals surface area contributed by atoms with Crippen LogP contribution in [0, 0.1) is 0 Å². The summed E-state index contributed by atoms with van der Waals surface area (Å²) in [6, 6.07) is 0. The minimum absolute atomic E-state index is 0.340. The van der Waals surface area contributed by atoms with E-state index in [0.29, 0.717) is 6.54 Å². The molecule has 4 atom stereocenters. The fourth-order valence-corrected chi connectivity index (χ4v) is 2.09. The Balaban J connectivity index is 2.23. The Bertz CT molecular complexity index is 241. The van der Waals surface area contributed by atoms with Crippen LogP contribution in [-0.2, 0) is 4.74 Å². The lowest BCUT2D eigenvalue weighted by Gasteiger charge is -2.22. The number of hydrogen-bond donors (Lipinski definition) is 5. The number of hydrogen-bond acceptors (Lipinski definition) is 6. The molecular weight excluding hydrogens is 238 g/mol. The molecule has 0 saturated carbocycles.